The number of carbonyl (C=O) groups is 1. The van der Waals surface area contributed by atoms with Gasteiger partial charge in [-0.05, 0) is 48.7 Å². The van der Waals surface area contributed by atoms with E-state index in [1.807, 2.05) is 6.07 Å². The summed E-state index contributed by atoms with van der Waals surface area (Å²) in [5.41, 5.74) is 1.57. The lowest BCUT2D eigenvalue weighted by atomic mass is 9.91. The highest BCUT2D eigenvalue weighted by Crippen LogP contribution is 2.42. The second-order valence-electron chi connectivity index (χ2n) is 7.31. The van der Waals surface area contributed by atoms with Gasteiger partial charge in [0.1, 0.15) is 0 Å². The lowest BCUT2D eigenvalue weighted by Gasteiger charge is -2.36. The summed E-state index contributed by atoms with van der Waals surface area (Å²) >= 11 is 0. The number of ether oxygens (including phenoxy) is 5. The Morgan fingerprint density at radius 1 is 0.939 bits per heavy atom. The highest BCUT2D eigenvalue weighted by Gasteiger charge is 2.39. The third-order valence-corrected chi connectivity index (χ3v) is 7.48. The molecule has 1 aliphatic heterocycles. The maximum absolute atomic E-state index is 13.7. The fourth-order valence-corrected chi connectivity index (χ4v) is 5.62. The van der Waals surface area contributed by atoms with E-state index in [1.54, 1.807) is 13.0 Å². The van der Waals surface area contributed by atoms with Crippen molar-refractivity contribution >= 4 is 16.0 Å². The Kier molecular flexibility index (Phi) is 7.70. The zero-order valence-electron chi connectivity index (χ0n) is 19.4. The molecule has 0 saturated carbocycles. The van der Waals surface area contributed by atoms with Crippen molar-refractivity contribution in [3.05, 3.63) is 41.5 Å². The third kappa shape index (κ3) is 4.86. The van der Waals surface area contributed by atoms with Crippen molar-refractivity contribution in [2.24, 2.45) is 0 Å². The first-order chi connectivity index (χ1) is 15.8. The van der Waals surface area contributed by atoms with Crippen molar-refractivity contribution in [3.63, 3.8) is 0 Å². The van der Waals surface area contributed by atoms with Crippen LogP contribution in [0.5, 0.6) is 23.0 Å². The highest BCUT2D eigenvalue weighted by molar-refractivity contribution is 7.89. The van der Waals surface area contributed by atoms with Crippen molar-refractivity contribution in [1.82, 2.24) is 4.31 Å². The molecule has 0 fully saturated rings. The fourth-order valence-electron chi connectivity index (χ4n) is 3.99. The fraction of sp³-hybridized carbons (Fsp3) is 0.435. The molecule has 1 atom stereocenters. The van der Waals surface area contributed by atoms with Gasteiger partial charge in [0, 0.05) is 12.6 Å². The lowest BCUT2D eigenvalue weighted by molar-refractivity contribution is -0.144. The number of carbonyl (C=O) groups excluding carboxylic acids is 1. The molecular weight excluding hydrogens is 450 g/mol. The summed E-state index contributed by atoms with van der Waals surface area (Å²) in [5.74, 6) is 1.22. The van der Waals surface area contributed by atoms with Crippen LogP contribution in [0, 0.1) is 0 Å². The first-order valence-electron chi connectivity index (χ1n) is 10.4. The normalized spacial score (nSPS) is 16.0. The molecule has 33 heavy (non-hydrogen) atoms. The molecular formula is C23H29NO8S. The van der Waals surface area contributed by atoms with E-state index in [2.05, 4.69) is 0 Å². The first kappa shape index (κ1) is 24.7. The van der Waals surface area contributed by atoms with Crippen LogP contribution in [-0.4, -0.2) is 60.3 Å². The number of nitrogens with zero attached hydrogens (tertiary/aromatic N) is 1. The van der Waals surface area contributed by atoms with Crippen LogP contribution in [0.4, 0.5) is 0 Å². The highest BCUT2D eigenvalue weighted by atomic mass is 32.2. The Hall–Kier alpha value is -2.98. The molecule has 0 aromatic heterocycles. The van der Waals surface area contributed by atoms with Gasteiger partial charge >= 0.3 is 5.97 Å². The van der Waals surface area contributed by atoms with Gasteiger partial charge in [-0.2, -0.15) is 4.31 Å². The van der Waals surface area contributed by atoms with E-state index in [0.717, 1.165) is 5.56 Å². The van der Waals surface area contributed by atoms with Gasteiger partial charge in [0.15, 0.2) is 23.0 Å². The quantitative estimate of drug-likeness (QED) is 0.506. The first-order valence-corrected chi connectivity index (χ1v) is 11.9. The SMILES string of the molecule is CCOC(=O)C[C@@H]1c2cc(OC)c(OC)cc2CCN1S(=O)(=O)c1ccc(OC)c(OC)c1. The Labute approximate surface area is 194 Å². The molecule has 1 aliphatic rings. The molecule has 0 saturated heterocycles. The summed E-state index contributed by atoms with van der Waals surface area (Å²) in [6, 6.07) is 7.20. The third-order valence-electron chi connectivity index (χ3n) is 5.58. The minimum atomic E-state index is -3.99. The van der Waals surface area contributed by atoms with Gasteiger partial charge in [0.25, 0.3) is 0 Å². The van der Waals surface area contributed by atoms with E-state index < -0.39 is 22.0 Å². The maximum Gasteiger partial charge on any atom is 0.307 e. The summed E-state index contributed by atoms with van der Waals surface area (Å²) in [7, 11) is 1.97. The molecule has 0 aliphatic carbocycles. The van der Waals surface area contributed by atoms with E-state index in [1.165, 1.54) is 50.9 Å². The molecule has 0 bridgehead atoms. The molecule has 2 aromatic rings. The number of hydrogen-bond acceptors (Lipinski definition) is 8. The Bertz CT molecular complexity index is 1120. The minimum Gasteiger partial charge on any atom is -0.493 e. The molecule has 0 unspecified atom stereocenters. The van der Waals surface area contributed by atoms with Crippen molar-refractivity contribution in [2.75, 3.05) is 41.6 Å². The largest absolute Gasteiger partial charge is 0.493 e. The molecule has 10 heteroatoms. The van der Waals surface area contributed by atoms with Gasteiger partial charge < -0.3 is 23.7 Å². The van der Waals surface area contributed by atoms with Crippen LogP contribution in [0.25, 0.3) is 0 Å². The molecule has 2 aromatic carbocycles. The van der Waals surface area contributed by atoms with Gasteiger partial charge in [0.2, 0.25) is 10.0 Å². The van der Waals surface area contributed by atoms with Crippen LogP contribution in [0.3, 0.4) is 0 Å². The average Bonchev–Trinajstić information content (AvgIpc) is 2.82. The minimum absolute atomic E-state index is 0.0398. The van der Waals surface area contributed by atoms with E-state index >= 15 is 0 Å². The molecule has 0 spiro atoms. The van der Waals surface area contributed by atoms with Gasteiger partial charge in [-0.25, -0.2) is 8.42 Å². The van der Waals surface area contributed by atoms with Crippen molar-refractivity contribution in [3.8, 4) is 23.0 Å². The number of benzene rings is 2. The molecule has 0 radical (unpaired) electrons. The van der Waals surface area contributed by atoms with Crippen LogP contribution >= 0.6 is 0 Å². The summed E-state index contributed by atoms with van der Waals surface area (Å²) in [6.07, 6.45) is 0.310. The molecule has 0 amide bonds. The van der Waals surface area contributed by atoms with Gasteiger partial charge in [0.05, 0.1) is 52.4 Å². The van der Waals surface area contributed by atoms with E-state index in [-0.39, 0.29) is 24.5 Å². The second kappa shape index (κ2) is 10.3. The molecule has 9 nitrogen and oxygen atoms in total. The molecule has 180 valence electrons. The van der Waals surface area contributed by atoms with E-state index in [4.69, 9.17) is 23.7 Å². The summed E-state index contributed by atoms with van der Waals surface area (Å²) in [4.78, 5) is 12.5. The summed E-state index contributed by atoms with van der Waals surface area (Å²) < 4.78 is 55.2. The zero-order valence-corrected chi connectivity index (χ0v) is 20.2. The molecule has 3 rings (SSSR count). The van der Waals surface area contributed by atoms with Crippen molar-refractivity contribution < 1.29 is 36.9 Å². The Morgan fingerprint density at radius 2 is 1.55 bits per heavy atom. The standard InChI is InChI=1S/C23H29NO8S/c1-6-32-23(25)14-18-17-13-22(31-5)20(29-3)11-15(17)9-10-24(18)33(26,27)16-7-8-19(28-2)21(12-16)30-4/h7-8,11-13,18H,6,9-10,14H2,1-5H3/t18-/m1/s1. The topological polar surface area (TPSA) is 101 Å². The maximum atomic E-state index is 13.7. The molecule has 0 N–H and O–H groups in total. The lowest BCUT2D eigenvalue weighted by Crippen LogP contribution is -2.41. The van der Waals surface area contributed by atoms with E-state index in [9.17, 15) is 13.2 Å². The molecule has 1 heterocycles. The summed E-state index contributed by atoms with van der Waals surface area (Å²) in [6.45, 7) is 2.09. The van der Waals surface area contributed by atoms with Crippen LogP contribution in [0.1, 0.15) is 30.5 Å². The van der Waals surface area contributed by atoms with Gasteiger partial charge in [-0.1, -0.05) is 0 Å². The van der Waals surface area contributed by atoms with Crippen LogP contribution in [-0.2, 0) is 26.0 Å². The van der Waals surface area contributed by atoms with E-state index in [0.29, 0.717) is 35.0 Å². The predicted molar refractivity (Wildman–Crippen MR) is 121 cm³/mol. The van der Waals surface area contributed by atoms with Crippen LogP contribution in [0.15, 0.2) is 35.2 Å². The zero-order chi connectivity index (χ0) is 24.2. The number of fused-ring (bicyclic) bond motifs is 1. The second-order valence-corrected chi connectivity index (χ2v) is 9.20. The Morgan fingerprint density at radius 3 is 2.15 bits per heavy atom. The number of rotatable bonds is 9. The predicted octanol–water partition coefficient (Wildman–Crippen LogP) is 2.96. The number of methoxy groups -OCH3 is 4. The smallest absolute Gasteiger partial charge is 0.307 e. The van der Waals surface area contributed by atoms with Crippen molar-refractivity contribution in [1.29, 1.82) is 0 Å². The number of esters is 1. The number of sulfonamides is 1. The monoisotopic (exact) mass is 479 g/mol. The summed E-state index contributed by atoms with van der Waals surface area (Å²) in [5, 5.41) is 0. The van der Waals surface area contributed by atoms with Crippen LogP contribution < -0.4 is 18.9 Å². The van der Waals surface area contributed by atoms with Gasteiger partial charge in [-0.3, -0.25) is 4.79 Å². The van der Waals surface area contributed by atoms with Gasteiger partial charge in [-0.15, -0.1) is 0 Å². The van der Waals surface area contributed by atoms with Crippen LogP contribution in [0.2, 0.25) is 0 Å². The average molecular weight is 480 g/mol. The Balaban J connectivity index is 2.11. The van der Waals surface area contributed by atoms with Crippen molar-refractivity contribution in [2.45, 2.75) is 30.7 Å². The number of hydrogen-bond donors (Lipinski definition) is 0.